The highest BCUT2D eigenvalue weighted by Gasteiger charge is 2.34. The second-order valence-corrected chi connectivity index (χ2v) is 9.55. The number of aromatic nitrogens is 2. The van der Waals surface area contributed by atoms with E-state index in [-0.39, 0.29) is 11.9 Å². The first-order chi connectivity index (χ1) is 12.7. The molecule has 1 aliphatic carbocycles. The van der Waals surface area contributed by atoms with Crippen molar-refractivity contribution < 1.29 is 21.6 Å². The van der Waals surface area contributed by atoms with Gasteiger partial charge in [-0.25, -0.2) is 18.4 Å². The smallest absolute Gasteiger partial charge is 0.366 e. The Morgan fingerprint density at radius 2 is 1.63 bits per heavy atom. The number of benzene rings is 1. The van der Waals surface area contributed by atoms with Gasteiger partial charge in [0.05, 0.1) is 22.5 Å². The molecule has 5 nitrogen and oxygen atoms in total. The molecule has 27 heavy (non-hydrogen) atoms. The summed E-state index contributed by atoms with van der Waals surface area (Å²) < 4.78 is 63.8. The number of alkyl halides is 3. The molecule has 0 saturated heterocycles. The topological polar surface area (TPSA) is 72.0 Å². The van der Waals surface area contributed by atoms with Crippen molar-refractivity contribution in [3.05, 3.63) is 46.8 Å². The van der Waals surface area contributed by atoms with E-state index in [1.54, 1.807) is 24.3 Å². The molecule has 0 bridgehead atoms. The van der Waals surface area contributed by atoms with Gasteiger partial charge in [-0.1, -0.05) is 15.9 Å². The molecule has 1 aromatic heterocycles. The average molecular weight is 464 g/mol. The molecule has 1 heterocycles. The fourth-order valence-corrected chi connectivity index (χ4v) is 5.15. The fraction of sp³-hybridized carbons (Fsp3) is 0.412. The van der Waals surface area contributed by atoms with Gasteiger partial charge in [0, 0.05) is 10.5 Å². The third kappa shape index (κ3) is 4.78. The van der Waals surface area contributed by atoms with Gasteiger partial charge in [0.2, 0.25) is 0 Å². The molecule has 0 radical (unpaired) electrons. The van der Waals surface area contributed by atoms with E-state index in [1.807, 2.05) is 0 Å². The Balaban J connectivity index is 1.59. The Morgan fingerprint density at radius 1 is 1.00 bits per heavy atom. The van der Waals surface area contributed by atoms with E-state index in [1.165, 1.54) is 0 Å². The number of nitrogens with zero attached hydrogens (tertiary/aromatic N) is 2. The van der Waals surface area contributed by atoms with Crippen molar-refractivity contribution in [2.24, 2.45) is 0 Å². The quantitative estimate of drug-likeness (QED) is 0.724. The molecule has 0 unspecified atom stereocenters. The molecule has 0 amide bonds. The van der Waals surface area contributed by atoms with Crippen LogP contribution in [-0.4, -0.2) is 29.7 Å². The first-order valence-corrected chi connectivity index (χ1v) is 10.7. The summed E-state index contributed by atoms with van der Waals surface area (Å²) in [6, 6.07) is 6.52. The van der Waals surface area contributed by atoms with Crippen LogP contribution >= 0.6 is 15.9 Å². The molecule has 0 spiro atoms. The number of anilines is 1. The second-order valence-electron chi connectivity index (χ2n) is 6.40. The maximum atomic E-state index is 12.7. The first-order valence-electron chi connectivity index (χ1n) is 8.31. The summed E-state index contributed by atoms with van der Waals surface area (Å²) in [7, 11) is -3.40. The number of halogens is 4. The minimum Gasteiger partial charge on any atom is -0.366 e. The van der Waals surface area contributed by atoms with Crippen molar-refractivity contribution in [2.45, 2.75) is 48.0 Å². The number of hydrogen-bond acceptors (Lipinski definition) is 5. The van der Waals surface area contributed by atoms with Crippen LogP contribution < -0.4 is 5.32 Å². The van der Waals surface area contributed by atoms with E-state index in [4.69, 9.17) is 0 Å². The number of nitrogens with one attached hydrogen (secondary N) is 1. The van der Waals surface area contributed by atoms with Crippen LogP contribution in [-0.2, 0) is 16.0 Å². The van der Waals surface area contributed by atoms with Gasteiger partial charge in [-0.3, -0.25) is 0 Å². The van der Waals surface area contributed by atoms with Crippen LogP contribution in [0.25, 0.3) is 0 Å². The number of sulfone groups is 1. The van der Waals surface area contributed by atoms with Crippen molar-refractivity contribution in [2.75, 3.05) is 5.32 Å². The minimum atomic E-state index is -4.52. The third-order valence-electron chi connectivity index (χ3n) is 4.55. The zero-order valence-electron chi connectivity index (χ0n) is 14.1. The average Bonchev–Trinajstić information content (AvgIpc) is 2.62. The maximum absolute atomic E-state index is 12.7. The Labute approximate surface area is 163 Å². The number of rotatable bonds is 4. The normalized spacial score (nSPS) is 21.0. The molecule has 1 aliphatic rings. The van der Waals surface area contributed by atoms with Gasteiger partial charge in [-0.15, -0.1) is 0 Å². The Kier molecular flexibility index (Phi) is 5.76. The molecule has 1 N–H and O–H groups in total. The van der Waals surface area contributed by atoms with Crippen LogP contribution in [0, 0.1) is 0 Å². The SMILES string of the molecule is O=S(=O)(c1ccc(Br)cc1)C1CCC(Nc2cnc(C(F)(F)F)cn2)CC1. The lowest BCUT2D eigenvalue weighted by Crippen LogP contribution is -2.33. The van der Waals surface area contributed by atoms with Gasteiger partial charge in [0.15, 0.2) is 15.5 Å². The van der Waals surface area contributed by atoms with Gasteiger partial charge >= 0.3 is 6.18 Å². The Hall–Kier alpha value is -1.68. The Morgan fingerprint density at radius 3 is 2.15 bits per heavy atom. The summed E-state index contributed by atoms with van der Waals surface area (Å²) in [4.78, 5) is 7.41. The summed E-state index contributed by atoms with van der Waals surface area (Å²) in [5.74, 6) is 0.252. The van der Waals surface area contributed by atoms with Gasteiger partial charge in [0.1, 0.15) is 5.82 Å². The van der Waals surface area contributed by atoms with Crippen molar-refractivity contribution in [3.8, 4) is 0 Å². The first kappa shape index (κ1) is 20.1. The van der Waals surface area contributed by atoms with Crippen LogP contribution in [0.1, 0.15) is 31.4 Å². The largest absolute Gasteiger partial charge is 0.434 e. The molecule has 2 aromatic rings. The van der Waals surface area contributed by atoms with Crippen LogP contribution in [0.15, 0.2) is 46.0 Å². The van der Waals surface area contributed by atoms with Crippen LogP contribution in [0.3, 0.4) is 0 Å². The molecule has 3 rings (SSSR count). The molecule has 1 aromatic carbocycles. The van der Waals surface area contributed by atoms with E-state index < -0.39 is 27.0 Å². The minimum absolute atomic E-state index is 0.0487. The van der Waals surface area contributed by atoms with E-state index >= 15 is 0 Å². The summed E-state index contributed by atoms with van der Waals surface area (Å²) in [6.45, 7) is 0. The lowest BCUT2D eigenvalue weighted by Gasteiger charge is -2.29. The monoisotopic (exact) mass is 463 g/mol. The molecule has 1 saturated carbocycles. The van der Waals surface area contributed by atoms with Crippen LogP contribution in [0.5, 0.6) is 0 Å². The Bertz CT molecular complexity index is 879. The molecule has 0 aliphatic heterocycles. The van der Waals surface area contributed by atoms with Crippen molar-refractivity contribution in [3.63, 3.8) is 0 Å². The third-order valence-corrected chi connectivity index (χ3v) is 7.36. The zero-order chi connectivity index (χ0) is 19.7. The molecular weight excluding hydrogens is 447 g/mol. The van der Waals surface area contributed by atoms with E-state index in [0.29, 0.717) is 36.8 Å². The zero-order valence-corrected chi connectivity index (χ0v) is 16.5. The van der Waals surface area contributed by atoms with Crippen molar-refractivity contribution >= 4 is 31.6 Å². The van der Waals surface area contributed by atoms with E-state index in [9.17, 15) is 21.6 Å². The fourth-order valence-electron chi connectivity index (χ4n) is 3.09. The molecular formula is C17H17BrF3N3O2S. The van der Waals surface area contributed by atoms with Crippen molar-refractivity contribution in [1.82, 2.24) is 9.97 Å². The molecule has 146 valence electrons. The lowest BCUT2D eigenvalue weighted by atomic mass is 9.95. The predicted octanol–water partition coefficient (Wildman–Crippen LogP) is 4.45. The lowest BCUT2D eigenvalue weighted by molar-refractivity contribution is -0.141. The van der Waals surface area contributed by atoms with Gasteiger partial charge in [-0.2, -0.15) is 13.2 Å². The molecule has 1 fully saturated rings. The summed E-state index contributed by atoms with van der Waals surface area (Å²) >= 11 is 3.29. The summed E-state index contributed by atoms with van der Waals surface area (Å²) in [5, 5.41) is 2.57. The van der Waals surface area contributed by atoms with Gasteiger partial charge < -0.3 is 5.32 Å². The van der Waals surface area contributed by atoms with Gasteiger partial charge in [0.25, 0.3) is 0 Å². The molecule has 10 heteroatoms. The second kappa shape index (κ2) is 7.75. The maximum Gasteiger partial charge on any atom is 0.434 e. The van der Waals surface area contributed by atoms with Crippen LogP contribution in [0.4, 0.5) is 19.0 Å². The predicted molar refractivity (Wildman–Crippen MR) is 98.0 cm³/mol. The van der Waals surface area contributed by atoms with Gasteiger partial charge in [-0.05, 0) is 49.9 Å². The van der Waals surface area contributed by atoms with E-state index in [0.717, 1.165) is 10.7 Å². The number of hydrogen-bond donors (Lipinski definition) is 1. The van der Waals surface area contributed by atoms with Crippen molar-refractivity contribution in [1.29, 1.82) is 0 Å². The van der Waals surface area contributed by atoms with Crippen LogP contribution in [0.2, 0.25) is 0 Å². The molecule has 0 atom stereocenters. The summed E-state index contributed by atoms with van der Waals surface area (Å²) in [6.07, 6.45) is -0.662. The highest BCUT2D eigenvalue weighted by atomic mass is 79.9. The van der Waals surface area contributed by atoms with E-state index in [2.05, 4.69) is 31.2 Å². The highest BCUT2D eigenvalue weighted by molar-refractivity contribution is 9.10. The highest BCUT2D eigenvalue weighted by Crippen LogP contribution is 2.31. The summed E-state index contributed by atoms with van der Waals surface area (Å²) in [5.41, 5.74) is -1.04. The standard InChI is InChI=1S/C17H17BrF3N3O2S/c18-11-1-5-13(6-2-11)27(25,26)14-7-3-12(4-8-14)24-16-10-22-15(9-23-16)17(19,20)21/h1-2,5-6,9-10,12,14H,3-4,7-8H2,(H,23,24).